The van der Waals surface area contributed by atoms with Crippen LogP contribution in [-0.2, 0) is 0 Å². The summed E-state index contributed by atoms with van der Waals surface area (Å²) in [5, 5.41) is 3.04. The third-order valence-electron chi connectivity index (χ3n) is 2.71. The number of rotatable bonds is 4. The predicted molar refractivity (Wildman–Crippen MR) is 65.9 cm³/mol. The molecule has 2 rings (SSSR count). The predicted octanol–water partition coefficient (Wildman–Crippen LogP) is 1.93. The lowest BCUT2D eigenvalue weighted by molar-refractivity contribution is 0.382. The summed E-state index contributed by atoms with van der Waals surface area (Å²) < 4.78 is 19.2. The number of benzene rings is 1. The molecule has 0 saturated carbocycles. The number of hydrogen-bond acceptors (Lipinski definition) is 4. The fourth-order valence-corrected chi connectivity index (χ4v) is 1.84. The van der Waals surface area contributed by atoms with Crippen molar-refractivity contribution >= 4 is 0 Å². The van der Waals surface area contributed by atoms with Crippen LogP contribution in [0.25, 0.3) is 0 Å². The van der Waals surface area contributed by atoms with Crippen LogP contribution in [0.4, 0.5) is 4.39 Å². The van der Waals surface area contributed by atoms with Crippen LogP contribution >= 0.6 is 0 Å². The van der Waals surface area contributed by atoms with Crippen molar-refractivity contribution in [2.24, 2.45) is 0 Å². The molecule has 0 aliphatic heterocycles. The lowest BCUT2D eigenvalue weighted by atomic mass is 10.0. The van der Waals surface area contributed by atoms with Crippen molar-refractivity contribution in [2.75, 3.05) is 14.2 Å². The molecule has 1 unspecified atom stereocenters. The fraction of sp³-hybridized carbons (Fsp3) is 0.231. The monoisotopic (exact) mass is 247 g/mol. The minimum atomic E-state index is -0.377. The highest BCUT2D eigenvalue weighted by Crippen LogP contribution is 2.27. The van der Waals surface area contributed by atoms with Gasteiger partial charge >= 0.3 is 0 Å². The minimum absolute atomic E-state index is 0.224. The zero-order chi connectivity index (χ0) is 13.0. The molecule has 4 nitrogen and oxygen atoms in total. The van der Waals surface area contributed by atoms with E-state index in [0.29, 0.717) is 11.3 Å². The van der Waals surface area contributed by atoms with Gasteiger partial charge in [-0.05, 0) is 19.2 Å². The van der Waals surface area contributed by atoms with Crippen LogP contribution in [0.3, 0.4) is 0 Å². The number of halogens is 1. The Kier molecular flexibility index (Phi) is 3.84. The van der Waals surface area contributed by atoms with Crippen LogP contribution in [0, 0.1) is 5.82 Å². The summed E-state index contributed by atoms with van der Waals surface area (Å²) >= 11 is 0. The molecule has 1 heterocycles. The first-order chi connectivity index (χ1) is 8.77. The SMILES string of the molecule is CNC(c1ccncn1)c1cccc(OC)c1F. The summed E-state index contributed by atoms with van der Waals surface area (Å²) in [5.41, 5.74) is 1.20. The highest BCUT2D eigenvalue weighted by molar-refractivity contribution is 5.36. The Balaban J connectivity index is 2.46. The van der Waals surface area contributed by atoms with Crippen LogP contribution in [0.2, 0.25) is 0 Å². The molecule has 5 heteroatoms. The van der Waals surface area contributed by atoms with E-state index in [1.165, 1.54) is 13.4 Å². The molecular formula is C13H14FN3O. The molecule has 0 fully saturated rings. The third kappa shape index (κ3) is 2.31. The largest absolute Gasteiger partial charge is 0.494 e. The van der Waals surface area contributed by atoms with Crippen LogP contribution in [0.5, 0.6) is 5.75 Å². The average Bonchev–Trinajstić information content (AvgIpc) is 2.43. The summed E-state index contributed by atoms with van der Waals surface area (Å²) in [7, 11) is 3.20. The van der Waals surface area contributed by atoms with E-state index in [-0.39, 0.29) is 17.6 Å². The molecule has 18 heavy (non-hydrogen) atoms. The van der Waals surface area contributed by atoms with E-state index in [1.807, 2.05) is 0 Å². The highest BCUT2D eigenvalue weighted by Gasteiger charge is 2.19. The van der Waals surface area contributed by atoms with Gasteiger partial charge in [0.15, 0.2) is 11.6 Å². The molecular weight excluding hydrogens is 233 g/mol. The summed E-state index contributed by atoms with van der Waals surface area (Å²) in [6, 6.07) is 6.47. The summed E-state index contributed by atoms with van der Waals surface area (Å²) in [6.45, 7) is 0. The van der Waals surface area contributed by atoms with Crippen LogP contribution in [0.15, 0.2) is 36.8 Å². The Morgan fingerprint density at radius 1 is 1.33 bits per heavy atom. The summed E-state index contributed by atoms with van der Waals surface area (Å²) in [5.74, 6) is -0.153. The van der Waals surface area contributed by atoms with Crippen molar-refractivity contribution in [1.29, 1.82) is 0 Å². The number of aromatic nitrogens is 2. The Hall–Kier alpha value is -2.01. The van der Waals surface area contributed by atoms with Crippen molar-refractivity contribution in [2.45, 2.75) is 6.04 Å². The van der Waals surface area contributed by atoms with Crippen molar-refractivity contribution in [1.82, 2.24) is 15.3 Å². The van der Waals surface area contributed by atoms with Crippen LogP contribution in [0.1, 0.15) is 17.3 Å². The molecule has 0 spiro atoms. The Bertz CT molecular complexity index is 519. The topological polar surface area (TPSA) is 47.0 Å². The van der Waals surface area contributed by atoms with E-state index >= 15 is 0 Å². The minimum Gasteiger partial charge on any atom is -0.494 e. The second-order valence-corrected chi connectivity index (χ2v) is 3.72. The van der Waals surface area contributed by atoms with Gasteiger partial charge in [-0.2, -0.15) is 0 Å². The Labute approximate surface area is 105 Å². The van der Waals surface area contributed by atoms with E-state index < -0.39 is 0 Å². The van der Waals surface area contributed by atoms with Crippen LogP contribution in [-0.4, -0.2) is 24.1 Å². The van der Waals surface area contributed by atoms with Crippen LogP contribution < -0.4 is 10.1 Å². The number of methoxy groups -OCH3 is 1. The highest BCUT2D eigenvalue weighted by atomic mass is 19.1. The molecule has 0 radical (unpaired) electrons. The standard InChI is InChI=1S/C13H14FN3O/c1-15-13(10-6-7-16-8-17-10)9-4-3-5-11(18-2)12(9)14/h3-8,13,15H,1-2H3. The number of ether oxygens (including phenoxy) is 1. The van der Waals surface area contributed by atoms with E-state index in [1.54, 1.807) is 37.5 Å². The van der Waals surface area contributed by atoms with Gasteiger partial charge in [0.2, 0.25) is 0 Å². The normalized spacial score (nSPS) is 12.2. The van der Waals surface area contributed by atoms with Crippen molar-refractivity contribution in [3.8, 4) is 5.75 Å². The van der Waals surface area contributed by atoms with Gasteiger partial charge in [0.05, 0.1) is 18.8 Å². The zero-order valence-corrected chi connectivity index (χ0v) is 10.2. The molecule has 1 N–H and O–H groups in total. The van der Waals surface area contributed by atoms with Gasteiger partial charge in [-0.15, -0.1) is 0 Å². The lowest BCUT2D eigenvalue weighted by Gasteiger charge is -2.17. The second-order valence-electron chi connectivity index (χ2n) is 3.72. The summed E-state index contributed by atoms with van der Waals surface area (Å²) in [6.07, 6.45) is 3.07. The first-order valence-electron chi connectivity index (χ1n) is 5.53. The average molecular weight is 247 g/mol. The number of nitrogens with one attached hydrogen (secondary N) is 1. The first kappa shape index (κ1) is 12.4. The van der Waals surface area contributed by atoms with E-state index in [4.69, 9.17) is 4.74 Å². The van der Waals surface area contributed by atoms with Crippen molar-refractivity contribution in [3.63, 3.8) is 0 Å². The molecule has 0 amide bonds. The molecule has 2 aromatic rings. The smallest absolute Gasteiger partial charge is 0.170 e. The van der Waals surface area contributed by atoms with Gasteiger partial charge in [0.1, 0.15) is 6.33 Å². The molecule has 1 aromatic carbocycles. The lowest BCUT2D eigenvalue weighted by Crippen LogP contribution is -2.20. The van der Waals surface area contributed by atoms with Crippen molar-refractivity contribution < 1.29 is 9.13 Å². The molecule has 0 bridgehead atoms. The second kappa shape index (κ2) is 5.55. The Morgan fingerprint density at radius 3 is 2.78 bits per heavy atom. The van der Waals surface area contributed by atoms with Gasteiger partial charge in [-0.3, -0.25) is 0 Å². The molecule has 1 atom stereocenters. The molecule has 1 aromatic heterocycles. The summed E-state index contributed by atoms with van der Waals surface area (Å²) in [4.78, 5) is 8.00. The third-order valence-corrected chi connectivity index (χ3v) is 2.71. The molecule has 0 saturated heterocycles. The number of hydrogen-bond donors (Lipinski definition) is 1. The molecule has 94 valence electrons. The quantitative estimate of drug-likeness (QED) is 0.896. The molecule has 0 aliphatic rings. The van der Waals surface area contributed by atoms with E-state index in [9.17, 15) is 4.39 Å². The fourth-order valence-electron chi connectivity index (χ4n) is 1.84. The Morgan fingerprint density at radius 2 is 2.17 bits per heavy atom. The first-order valence-corrected chi connectivity index (χ1v) is 5.53. The van der Waals surface area contributed by atoms with E-state index in [2.05, 4.69) is 15.3 Å². The number of nitrogens with zero attached hydrogens (tertiary/aromatic N) is 2. The maximum Gasteiger partial charge on any atom is 0.170 e. The van der Waals surface area contributed by atoms with Gasteiger partial charge < -0.3 is 10.1 Å². The van der Waals surface area contributed by atoms with E-state index in [0.717, 1.165) is 0 Å². The maximum atomic E-state index is 14.2. The van der Waals surface area contributed by atoms with Gasteiger partial charge in [0.25, 0.3) is 0 Å². The van der Waals surface area contributed by atoms with Gasteiger partial charge in [-0.25, -0.2) is 14.4 Å². The van der Waals surface area contributed by atoms with Gasteiger partial charge in [0, 0.05) is 11.8 Å². The zero-order valence-electron chi connectivity index (χ0n) is 10.2. The van der Waals surface area contributed by atoms with Gasteiger partial charge in [-0.1, -0.05) is 12.1 Å². The van der Waals surface area contributed by atoms with Crippen molar-refractivity contribution in [3.05, 3.63) is 53.9 Å². The molecule has 0 aliphatic carbocycles. The maximum absolute atomic E-state index is 14.2.